The molecule has 0 aliphatic carbocycles. The van der Waals surface area contributed by atoms with Crippen LogP contribution < -0.4 is 14.8 Å². The van der Waals surface area contributed by atoms with Crippen molar-refractivity contribution in [2.75, 3.05) is 26.1 Å². The van der Waals surface area contributed by atoms with E-state index in [1.165, 1.54) is 20.3 Å². The van der Waals surface area contributed by atoms with E-state index in [0.29, 0.717) is 17.5 Å². The Morgan fingerprint density at radius 2 is 1.78 bits per heavy atom. The molecule has 0 saturated heterocycles. The van der Waals surface area contributed by atoms with Crippen molar-refractivity contribution in [1.82, 2.24) is 20.2 Å². The molecule has 0 radical (unpaired) electrons. The van der Waals surface area contributed by atoms with Crippen LogP contribution in [-0.2, 0) is 4.74 Å². The standard InChI is InChI=1S/C18H19N5O4/c1-4-27-17(24)14-15(11-8-6-5-7-9-11)22-23-16(14)21-18-19-12(25-2)10-13(20-18)26-3/h5-10H,4H2,1-3H3,(H2,19,20,21,22,23). The highest BCUT2D eigenvalue weighted by atomic mass is 16.5. The Hall–Kier alpha value is -3.62. The number of benzene rings is 1. The molecule has 140 valence electrons. The molecular weight excluding hydrogens is 350 g/mol. The molecule has 0 bridgehead atoms. The van der Waals surface area contributed by atoms with E-state index in [0.717, 1.165) is 5.56 Å². The zero-order valence-corrected chi connectivity index (χ0v) is 15.1. The summed E-state index contributed by atoms with van der Waals surface area (Å²) < 4.78 is 15.5. The molecule has 3 aromatic rings. The van der Waals surface area contributed by atoms with Gasteiger partial charge in [-0.15, -0.1) is 0 Å². The number of hydrogen-bond acceptors (Lipinski definition) is 8. The molecule has 0 amide bonds. The van der Waals surface area contributed by atoms with E-state index in [2.05, 4.69) is 25.5 Å². The number of ether oxygens (including phenoxy) is 3. The first kappa shape index (κ1) is 18.2. The summed E-state index contributed by atoms with van der Waals surface area (Å²) >= 11 is 0. The first-order chi connectivity index (χ1) is 13.2. The van der Waals surface area contributed by atoms with Gasteiger partial charge in [0.05, 0.1) is 32.6 Å². The van der Waals surface area contributed by atoms with Crippen LogP contribution in [0.3, 0.4) is 0 Å². The lowest BCUT2D eigenvalue weighted by Gasteiger charge is -2.09. The van der Waals surface area contributed by atoms with E-state index in [-0.39, 0.29) is 23.9 Å². The minimum atomic E-state index is -0.512. The smallest absolute Gasteiger partial charge is 0.344 e. The van der Waals surface area contributed by atoms with Gasteiger partial charge in [-0.05, 0) is 6.92 Å². The monoisotopic (exact) mass is 369 g/mol. The first-order valence-electron chi connectivity index (χ1n) is 8.21. The van der Waals surface area contributed by atoms with Crippen molar-refractivity contribution in [2.24, 2.45) is 0 Å². The summed E-state index contributed by atoms with van der Waals surface area (Å²) in [5.41, 5.74) is 1.59. The first-order valence-corrected chi connectivity index (χ1v) is 8.21. The van der Waals surface area contributed by atoms with Crippen molar-refractivity contribution >= 4 is 17.7 Å². The number of esters is 1. The normalized spacial score (nSPS) is 10.3. The van der Waals surface area contributed by atoms with Crippen LogP contribution in [0.2, 0.25) is 0 Å². The number of methoxy groups -OCH3 is 2. The molecule has 0 spiro atoms. The highest BCUT2D eigenvalue weighted by Gasteiger charge is 2.23. The lowest BCUT2D eigenvalue weighted by atomic mass is 10.1. The summed E-state index contributed by atoms with van der Waals surface area (Å²) in [6, 6.07) is 10.9. The number of aromatic amines is 1. The second-order valence-electron chi connectivity index (χ2n) is 5.31. The predicted octanol–water partition coefficient (Wildman–Crippen LogP) is 2.80. The molecule has 0 fully saturated rings. The van der Waals surface area contributed by atoms with Crippen molar-refractivity contribution in [3.63, 3.8) is 0 Å². The van der Waals surface area contributed by atoms with Gasteiger partial charge in [-0.2, -0.15) is 15.1 Å². The third kappa shape index (κ3) is 3.97. The summed E-state index contributed by atoms with van der Waals surface area (Å²) in [5.74, 6) is 0.509. The third-order valence-electron chi connectivity index (χ3n) is 3.64. The van der Waals surface area contributed by atoms with E-state index in [4.69, 9.17) is 14.2 Å². The van der Waals surface area contributed by atoms with Gasteiger partial charge in [0.2, 0.25) is 17.7 Å². The van der Waals surface area contributed by atoms with Crippen molar-refractivity contribution in [1.29, 1.82) is 0 Å². The van der Waals surface area contributed by atoms with Crippen molar-refractivity contribution in [2.45, 2.75) is 6.92 Å². The topological polar surface area (TPSA) is 111 Å². The Bertz CT molecular complexity index is 905. The lowest BCUT2D eigenvalue weighted by molar-refractivity contribution is 0.0528. The van der Waals surface area contributed by atoms with Gasteiger partial charge in [0.1, 0.15) is 5.56 Å². The fraction of sp³-hybridized carbons (Fsp3) is 0.222. The van der Waals surface area contributed by atoms with Crippen molar-refractivity contribution < 1.29 is 19.0 Å². The van der Waals surface area contributed by atoms with E-state index < -0.39 is 5.97 Å². The number of hydrogen-bond donors (Lipinski definition) is 2. The average molecular weight is 369 g/mol. The van der Waals surface area contributed by atoms with Gasteiger partial charge in [-0.25, -0.2) is 4.79 Å². The number of carbonyl (C=O) groups is 1. The SMILES string of the molecule is CCOC(=O)c1c(Nc2nc(OC)cc(OC)n2)n[nH]c1-c1ccccc1. The average Bonchev–Trinajstić information content (AvgIpc) is 3.12. The zero-order valence-electron chi connectivity index (χ0n) is 15.1. The summed E-state index contributed by atoms with van der Waals surface area (Å²) in [4.78, 5) is 20.9. The largest absolute Gasteiger partial charge is 0.481 e. The number of nitrogens with zero attached hydrogens (tertiary/aromatic N) is 3. The molecule has 0 aliphatic rings. The Kier molecular flexibility index (Phi) is 5.50. The van der Waals surface area contributed by atoms with Crippen LogP contribution in [0.5, 0.6) is 11.8 Å². The second-order valence-corrected chi connectivity index (χ2v) is 5.31. The number of aromatic nitrogens is 4. The Balaban J connectivity index is 2.03. The number of rotatable bonds is 7. The molecule has 0 atom stereocenters. The highest BCUT2D eigenvalue weighted by molar-refractivity contribution is 6.01. The van der Waals surface area contributed by atoms with Crippen LogP contribution in [0.4, 0.5) is 11.8 Å². The van der Waals surface area contributed by atoms with E-state index in [9.17, 15) is 4.79 Å². The molecule has 2 N–H and O–H groups in total. The van der Waals surface area contributed by atoms with Gasteiger partial charge >= 0.3 is 5.97 Å². The van der Waals surface area contributed by atoms with Crippen molar-refractivity contribution in [3.05, 3.63) is 42.0 Å². The number of anilines is 2. The molecule has 1 aromatic carbocycles. The fourth-order valence-electron chi connectivity index (χ4n) is 2.42. The molecule has 27 heavy (non-hydrogen) atoms. The second kappa shape index (κ2) is 8.17. The third-order valence-corrected chi connectivity index (χ3v) is 3.64. The van der Waals surface area contributed by atoms with Crippen LogP contribution in [0.15, 0.2) is 36.4 Å². The Morgan fingerprint density at radius 3 is 2.37 bits per heavy atom. The molecule has 0 unspecified atom stereocenters. The molecular formula is C18H19N5O4. The number of H-pyrrole nitrogens is 1. The van der Waals surface area contributed by atoms with Gasteiger partial charge in [-0.3, -0.25) is 5.10 Å². The van der Waals surface area contributed by atoms with Crippen molar-refractivity contribution in [3.8, 4) is 23.0 Å². The van der Waals surface area contributed by atoms with Crippen LogP contribution in [0, 0.1) is 0 Å². The van der Waals surface area contributed by atoms with E-state index in [1.54, 1.807) is 6.92 Å². The zero-order chi connectivity index (χ0) is 19.2. The molecule has 2 aromatic heterocycles. The number of nitrogens with one attached hydrogen (secondary N) is 2. The minimum Gasteiger partial charge on any atom is -0.481 e. The minimum absolute atomic E-state index is 0.169. The molecule has 9 nitrogen and oxygen atoms in total. The van der Waals surface area contributed by atoms with Gasteiger partial charge in [0.15, 0.2) is 5.82 Å². The Labute approximate surface area is 155 Å². The highest BCUT2D eigenvalue weighted by Crippen LogP contribution is 2.29. The van der Waals surface area contributed by atoms with Gasteiger partial charge < -0.3 is 19.5 Å². The fourth-order valence-corrected chi connectivity index (χ4v) is 2.42. The van der Waals surface area contributed by atoms with Gasteiger partial charge in [-0.1, -0.05) is 30.3 Å². The van der Waals surface area contributed by atoms with E-state index in [1.807, 2.05) is 30.3 Å². The number of carbonyl (C=O) groups excluding carboxylic acids is 1. The maximum absolute atomic E-state index is 12.5. The molecule has 9 heteroatoms. The summed E-state index contributed by atoms with van der Waals surface area (Å²) in [6.07, 6.45) is 0. The quantitative estimate of drug-likeness (QED) is 0.612. The maximum atomic E-state index is 12.5. The maximum Gasteiger partial charge on any atom is 0.344 e. The van der Waals surface area contributed by atoms with Gasteiger partial charge in [0.25, 0.3) is 0 Å². The van der Waals surface area contributed by atoms with E-state index >= 15 is 0 Å². The van der Waals surface area contributed by atoms with Gasteiger partial charge in [0, 0.05) is 5.56 Å². The Morgan fingerprint density at radius 1 is 1.11 bits per heavy atom. The summed E-state index contributed by atoms with van der Waals surface area (Å²) in [7, 11) is 2.97. The van der Waals surface area contributed by atoms with Crippen LogP contribution in [0.1, 0.15) is 17.3 Å². The summed E-state index contributed by atoms with van der Waals surface area (Å²) in [6.45, 7) is 1.98. The molecule has 0 aliphatic heterocycles. The van der Waals surface area contributed by atoms with Crippen LogP contribution in [0.25, 0.3) is 11.3 Å². The molecule has 3 rings (SSSR count). The van der Waals surface area contributed by atoms with Crippen LogP contribution in [-0.4, -0.2) is 47.0 Å². The predicted molar refractivity (Wildman–Crippen MR) is 98.4 cm³/mol. The molecule has 2 heterocycles. The lowest BCUT2D eigenvalue weighted by Crippen LogP contribution is -2.09. The summed E-state index contributed by atoms with van der Waals surface area (Å²) in [5, 5.41) is 10.0. The molecule has 0 saturated carbocycles. The van der Waals surface area contributed by atoms with Crippen LogP contribution >= 0.6 is 0 Å².